The van der Waals surface area contributed by atoms with E-state index in [0.717, 1.165) is 22.3 Å². The molecule has 0 spiro atoms. The van der Waals surface area contributed by atoms with Gasteiger partial charge in [-0.2, -0.15) is 13.2 Å². The van der Waals surface area contributed by atoms with Crippen LogP contribution in [0.5, 0.6) is 5.75 Å². The van der Waals surface area contributed by atoms with Crippen LogP contribution in [0, 0.1) is 0 Å². The third kappa shape index (κ3) is 3.71. The molecule has 0 saturated heterocycles. The summed E-state index contributed by atoms with van der Waals surface area (Å²) in [5, 5.41) is 1.31. The van der Waals surface area contributed by atoms with Gasteiger partial charge in [0.25, 0.3) is 0 Å². The fourth-order valence-corrected chi connectivity index (χ4v) is 2.89. The molecule has 118 valence electrons. The van der Waals surface area contributed by atoms with Gasteiger partial charge in [-0.25, -0.2) is 4.98 Å². The van der Waals surface area contributed by atoms with Gasteiger partial charge in [0, 0.05) is 5.38 Å². The number of aromatic nitrogens is 1. The van der Waals surface area contributed by atoms with E-state index >= 15 is 0 Å². The summed E-state index contributed by atoms with van der Waals surface area (Å²) in [6.07, 6.45) is -4.44. The summed E-state index contributed by atoms with van der Waals surface area (Å²) in [5.41, 5.74) is 0.664. The first-order chi connectivity index (χ1) is 11.0. The summed E-state index contributed by atoms with van der Waals surface area (Å²) in [5.74, 6) is 0.513. The third-order valence-electron chi connectivity index (χ3n) is 3.15. The molecule has 0 unspecified atom stereocenters. The molecule has 0 aliphatic rings. The Balaban J connectivity index is 1.85. The van der Waals surface area contributed by atoms with Crippen LogP contribution in [0.3, 0.4) is 0 Å². The third-order valence-corrected chi connectivity index (χ3v) is 4.02. The first-order valence-corrected chi connectivity index (χ1v) is 7.71. The van der Waals surface area contributed by atoms with Gasteiger partial charge in [-0.05, 0) is 17.7 Å². The first kappa shape index (κ1) is 15.6. The van der Waals surface area contributed by atoms with E-state index in [2.05, 4.69) is 4.98 Å². The maximum absolute atomic E-state index is 12.7. The highest BCUT2D eigenvalue weighted by Crippen LogP contribution is 2.37. The molecule has 0 fully saturated rings. The quantitative estimate of drug-likeness (QED) is 0.636. The number of alkyl halides is 3. The lowest BCUT2D eigenvalue weighted by Crippen LogP contribution is -2.05. The van der Waals surface area contributed by atoms with Crippen LogP contribution in [-0.4, -0.2) is 4.98 Å². The summed E-state index contributed by atoms with van der Waals surface area (Å²) in [6, 6.07) is 16.5. The van der Waals surface area contributed by atoms with Crippen LogP contribution in [0.15, 0.2) is 60.0 Å². The van der Waals surface area contributed by atoms with Crippen LogP contribution in [0.4, 0.5) is 13.2 Å². The van der Waals surface area contributed by atoms with E-state index in [1.807, 2.05) is 30.3 Å². The molecule has 2 aromatic carbocycles. The van der Waals surface area contributed by atoms with Crippen LogP contribution in [0.2, 0.25) is 0 Å². The number of halogens is 3. The topological polar surface area (TPSA) is 22.1 Å². The Morgan fingerprint density at radius 2 is 1.65 bits per heavy atom. The van der Waals surface area contributed by atoms with E-state index in [0.29, 0.717) is 22.9 Å². The average molecular weight is 335 g/mol. The summed E-state index contributed by atoms with van der Waals surface area (Å²) >= 11 is 0.954. The van der Waals surface area contributed by atoms with Gasteiger partial charge in [0.2, 0.25) is 0 Å². The smallest absolute Gasteiger partial charge is 0.434 e. The van der Waals surface area contributed by atoms with Crippen molar-refractivity contribution in [1.82, 2.24) is 4.98 Å². The maximum Gasteiger partial charge on any atom is 0.434 e. The van der Waals surface area contributed by atoms with Crippen LogP contribution in [0.1, 0.15) is 11.3 Å². The maximum atomic E-state index is 12.7. The number of thiazole rings is 1. The lowest BCUT2D eigenvalue weighted by Gasteiger charge is -2.10. The summed E-state index contributed by atoms with van der Waals surface area (Å²) < 4.78 is 43.9. The van der Waals surface area contributed by atoms with Crippen molar-refractivity contribution in [2.24, 2.45) is 0 Å². The van der Waals surface area contributed by atoms with E-state index in [1.165, 1.54) is 0 Å². The van der Waals surface area contributed by atoms with Crippen molar-refractivity contribution in [3.05, 3.63) is 71.2 Å². The molecule has 3 rings (SSSR count). The van der Waals surface area contributed by atoms with Crippen molar-refractivity contribution in [3.8, 4) is 16.3 Å². The molecule has 2 nitrogen and oxygen atoms in total. The number of hydrogen-bond acceptors (Lipinski definition) is 3. The lowest BCUT2D eigenvalue weighted by molar-refractivity contribution is -0.140. The Bertz CT molecular complexity index is 784. The number of ether oxygens (including phenoxy) is 1. The first-order valence-electron chi connectivity index (χ1n) is 6.83. The van der Waals surface area contributed by atoms with Gasteiger partial charge in [0.1, 0.15) is 17.4 Å². The Morgan fingerprint density at radius 1 is 0.957 bits per heavy atom. The second kappa shape index (κ2) is 6.42. The Labute approximate surface area is 135 Å². The number of rotatable bonds is 4. The zero-order chi connectivity index (χ0) is 16.3. The molecular weight excluding hydrogens is 323 g/mol. The second-order valence-electron chi connectivity index (χ2n) is 4.81. The van der Waals surface area contributed by atoms with Crippen LogP contribution < -0.4 is 4.74 Å². The SMILES string of the molecule is FC(F)(F)c1csc(-c2ccccc2OCc2ccccc2)n1. The molecule has 23 heavy (non-hydrogen) atoms. The second-order valence-corrected chi connectivity index (χ2v) is 5.66. The number of nitrogens with zero attached hydrogens (tertiary/aromatic N) is 1. The normalized spacial score (nSPS) is 11.4. The Morgan fingerprint density at radius 3 is 2.35 bits per heavy atom. The zero-order valence-electron chi connectivity index (χ0n) is 11.9. The van der Waals surface area contributed by atoms with E-state index in [1.54, 1.807) is 24.3 Å². The van der Waals surface area contributed by atoms with Gasteiger partial charge >= 0.3 is 6.18 Å². The molecule has 0 amide bonds. The average Bonchev–Trinajstić information content (AvgIpc) is 3.04. The Hall–Kier alpha value is -2.34. The van der Waals surface area contributed by atoms with Crippen LogP contribution >= 0.6 is 11.3 Å². The molecule has 1 heterocycles. The van der Waals surface area contributed by atoms with Gasteiger partial charge in [0.05, 0.1) is 5.56 Å². The van der Waals surface area contributed by atoms with E-state index in [4.69, 9.17) is 4.74 Å². The summed E-state index contributed by atoms with van der Waals surface area (Å²) in [7, 11) is 0. The standard InChI is InChI=1S/C17H12F3NOS/c18-17(19,20)15-11-23-16(21-15)13-8-4-5-9-14(13)22-10-12-6-2-1-3-7-12/h1-9,11H,10H2. The molecule has 0 N–H and O–H groups in total. The number of para-hydroxylation sites is 1. The molecule has 1 aromatic heterocycles. The van der Waals surface area contributed by atoms with Crippen LogP contribution in [0.25, 0.3) is 10.6 Å². The van der Waals surface area contributed by atoms with Crippen molar-refractivity contribution in [1.29, 1.82) is 0 Å². The van der Waals surface area contributed by atoms with Gasteiger partial charge in [-0.3, -0.25) is 0 Å². The van der Waals surface area contributed by atoms with Crippen LogP contribution in [-0.2, 0) is 12.8 Å². The number of benzene rings is 2. The number of hydrogen-bond donors (Lipinski definition) is 0. The molecular formula is C17H12F3NOS. The summed E-state index contributed by atoms with van der Waals surface area (Å²) in [6.45, 7) is 0.343. The highest BCUT2D eigenvalue weighted by Gasteiger charge is 2.34. The minimum Gasteiger partial charge on any atom is -0.488 e. The van der Waals surface area contributed by atoms with Crippen molar-refractivity contribution in [2.75, 3.05) is 0 Å². The van der Waals surface area contributed by atoms with E-state index in [-0.39, 0.29) is 0 Å². The minimum atomic E-state index is -4.44. The Kier molecular flexibility index (Phi) is 4.34. The fraction of sp³-hybridized carbons (Fsp3) is 0.118. The highest BCUT2D eigenvalue weighted by atomic mass is 32.1. The molecule has 0 aliphatic carbocycles. The zero-order valence-corrected chi connectivity index (χ0v) is 12.7. The minimum absolute atomic E-state index is 0.293. The fourth-order valence-electron chi connectivity index (χ4n) is 2.03. The predicted octanol–water partition coefficient (Wildman–Crippen LogP) is 5.41. The van der Waals surface area contributed by atoms with Gasteiger partial charge < -0.3 is 4.74 Å². The van der Waals surface area contributed by atoms with Crippen molar-refractivity contribution < 1.29 is 17.9 Å². The van der Waals surface area contributed by atoms with Crippen molar-refractivity contribution in [2.45, 2.75) is 12.8 Å². The highest BCUT2D eigenvalue weighted by molar-refractivity contribution is 7.13. The van der Waals surface area contributed by atoms with Gasteiger partial charge in [0.15, 0.2) is 5.69 Å². The molecule has 6 heteroatoms. The van der Waals surface area contributed by atoms with Gasteiger partial charge in [-0.15, -0.1) is 11.3 Å². The molecule has 0 bridgehead atoms. The largest absolute Gasteiger partial charge is 0.488 e. The molecule has 0 radical (unpaired) electrons. The molecule has 0 atom stereocenters. The predicted molar refractivity (Wildman–Crippen MR) is 83.3 cm³/mol. The van der Waals surface area contributed by atoms with E-state index in [9.17, 15) is 13.2 Å². The molecule has 3 aromatic rings. The monoisotopic (exact) mass is 335 g/mol. The lowest BCUT2D eigenvalue weighted by atomic mass is 10.2. The molecule has 0 aliphatic heterocycles. The molecule has 0 saturated carbocycles. The summed E-state index contributed by atoms with van der Waals surface area (Å²) in [4.78, 5) is 3.68. The van der Waals surface area contributed by atoms with Crippen molar-refractivity contribution in [3.63, 3.8) is 0 Å². The van der Waals surface area contributed by atoms with Gasteiger partial charge in [-0.1, -0.05) is 42.5 Å². The van der Waals surface area contributed by atoms with E-state index < -0.39 is 11.9 Å². The van der Waals surface area contributed by atoms with Crippen molar-refractivity contribution >= 4 is 11.3 Å².